The summed E-state index contributed by atoms with van der Waals surface area (Å²) >= 11 is 0. The van der Waals surface area contributed by atoms with Gasteiger partial charge in [0.15, 0.2) is 6.10 Å². The molecule has 1 unspecified atom stereocenters. The van der Waals surface area contributed by atoms with E-state index < -0.39 is 6.10 Å². The smallest absolute Gasteiger partial charge is 0.306 e. The van der Waals surface area contributed by atoms with Crippen LogP contribution in [0.1, 0.15) is 219 Å². The summed E-state index contributed by atoms with van der Waals surface area (Å²) in [4.78, 5) is 24.5. The molecule has 72 heavy (non-hydrogen) atoms. The number of aliphatic hydroxyl groups excluding tert-OH is 1. The van der Waals surface area contributed by atoms with E-state index in [1.165, 1.54) is 51.4 Å². The third kappa shape index (κ3) is 57.8. The van der Waals surface area contributed by atoms with Gasteiger partial charge in [-0.2, -0.15) is 0 Å². The molecule has 5 nitrogen and oxygen atoms in total. The summed E-state index contributed by atoms with van der Waals surface area (Å²) in [6, 6.07) is 0. The van der Waals surface area contributed by atoms with E-state index >= 15 is 0 Å². The van der Waals surface area contributed by atoms with Gasteiger partial charge in [-0.25, -0.2) is 0 Å². The molecule has 0 spiro atoms. The molecule has 402 valence electrons. The van der Waals surface area contributed by atoms with Crippen molar-refractivity contribution in [3.8, 4) is 0 Å². The maximum Gasteiger partial charge on any atom is 0.306 e. The number of carbonyl (C=O) groups is 2. The Morgan fingerprint density at radius 1 is 0.319 bits per heavy atom. The summed E-state index contributed by atoms with van der Waals surface area (Å²) < 4.78 is 10.7. The summed E-state index contributed by atoms with van der Waals surface area (Å²) in [5.74, 6) is -0.627. The van der Waals surface area contributed by atoms with Crippen LogP contribution in [-0.4, -0.2) is 36.4 Å². The fourth-order valence-corrected chi connectivity index (χ4v) is 7.28. The second kappa shape index (κ2) is 60.6. The first kappa shape index (κ1) is 67.3. The number of rotatable bonds is 50. The van der Waals surface area contributed by atoms with Crippen LogP contribution in [0, 0.1) is 0 Å². The van der Waals surface area contributed by atoms with Crippen molar-refractivity contribution >= 4 is 11.9 Å². The largest absolute Gasteiger partial charge is 0.462 e. The molecule has 5 heteroatoms. The Bertz CT molecular complexity index is 1640. The topological polar surface area (TPSA) is 72.8 Å². The second-order valence-corrected chi connectivity index (χ2v) is 18.2. The van der Waals surface area contributed by atoms with Gasteiger partial charge in [0, 0.05) is 12.8 Å². The highest BCUT2D eigenvalue weighted by Crippen LogP contribution is 2.13. The molecule has 0 aliphatic carbocycles. The van der Waals surface area contributed by atoms with E-state index in [2.05, 4.69) is 184 Å². The molecule has 0 aromatic rings. The monoisotopic (exact) mass is 989 g/mol. The Morgan fingerprint density at radius 2 is 0.556 bits per heavy atom. The van der Waals surface area contributed by atoms with E-state index in [1.807, 2.05) is 0 Å². The minimum atomic E-state index is -0.795. The summed E-state index contributed by atoms with van der Waals surface area (Å²) in [5, 5.41) is 9.64. The predicted octanol–water partition coefficient (Wildman–Crippen LogP) is 19.7. The van der Waals surface area contributed by atoms with Gasteiger partial charge in [0.1, 0.15) is 6.61 Å². The molecule has 0 aliphatic heterocycles. The van der Waals surface area contributed by atoms with Crippen molar-refractivity contribution < 1.29 is 24.2 Å². The fourth-order valence-electron chi connectivity index (χ4n) is 7.28. The molecule has 0 radical (unpaired) electrons. The zero-order valence-electron chi connectivity index (χ0n) is 45.9. The standard InChI is InChI=1S/C67H104O5/c1-3-5-7-9-11-13-15-17-19-21-22-23-24-25-26-27-28-29-30-31-32-33-34-35-36-37-38-39-40-41-42-43-44-46-48-50-52-54-56-58-60-62-67(70)72-65(63-68)64-71-66(69)61-59-57-55-53-51-49-47-45-20-18-16-14-12-10-8-6-4-2/h5-8,11-14,17-20,22-23,25-26,28-29,31-32,34-35,37-38,40-41,43-44,65,68H,3-4,9-10,15-16,21,24,27,30,33,36,39,42,45-64H2,1-2H3/b7-5-,8-6-,13-11-,14-12-,19-17-,20-18-,23-22-,26-25-,29-28-,32-31-,35-34-,38-37-,41-40-,44-43-. The molecule has 1 atom stereocenters. The number of ether oxygens (including phenoxy) is 2. The van der Waals surface area contributed by atoms with E-state index in [-0.39, 0.29) is 25.2 Å². The second-order valence-electron chi connectivity index (χ2n) is 18.2. The van der Waals surface area contributed by atoms with Crippen LogP contribution in [0.25, 0.3) is 0 Å². The van der Waals surface area contributed by atoms with Crippen molar-refractivity contribution in [2.45, 2.75) is 225 Å². The lowest BCUT2D eigenvalue weighted by molar-refractivity contribution is -0.161. The van der Waals surface area contributed by atoms with Gasteiger partial charge in [-0.05, 0) is 128 Å². The van der Waals surface area contributed by atoms with E-state index in [9.17, 15) is 14.7 Å². The quantitative estimate of drug-likeness (QED) is 0.0373. The Hall–Kier alpha value is -4.74. The van der Waals surface area contributed by atoms with Crippen molar-refractivity contribution in [2.24, 2.45) is 0 Å². The molecular weight excluding hydrogens is 885 g/mol. The predicted molar refractivity (Wildman–Crippen MR) is 315 cm³/mol. The van der Waals surface area contributed by atoms with Gasteiger partial charge in [-0.15, -0.1) is 0 Å². The zero-order chi connectivity index (χ0) is 52.0. The maximum absolute atomic E-state index is 12.3. The third-order valence-corrected chi connectivity index (χ3v) is 11.5. The number of hydrogen-bond acceptors (Lipinski definition) is 5. The SMILES string of the molecule is CC/C=C\C/C=C\C/C=C\C/C=C\C/C=C\C/C=C\C/C=C\C/C=C\C/C=C\C/C=C\C/C=C\CCCCCCCCCC(=O)OC(CO)COC(=O)CCCCCCCCC/C=C\C/C=C\C/C=C\CC. The van der Waals surface area contributed by atoms with Gasteiger partial charge >= 0.3 is 11.9 Å². The molecule has 0 aromatic carbocycles. The van der Waals surface area contributed by atoms with Gasteiger partial charge < -0.3 is 14.6 Å². The van der Waals surface area contributed by atoms with E-state index in [4.69, 9.17) is 9.47 Å². The molecule has 0 rings (SSSR count). The highest BCUT2D eigenvalue weighted by atomic mass is 16.6. The molecule has 1 N–H and O–H groups in total. The van der Waals surface area contributed by atoms with Gasteiger partial charge in [-0.1, -0.05) is 248 Å². The van der Waals surface area contributed by atoms with Crippen LogP contribution >= 0.6 is 0 Å². The molecular formula is C67H104O5. The van der Waals surface area contributed by atoms with Gasteiger partial charge in [-0.3, -0.25) is 9.59 Å². The van der Waals surface area contributed by atoms with Gasteiger partial charge in [0.25, 0.3) is 0 Å². The summed E-state index contributed by atoms with van der Waals surface area (Å²) in [5.41, 5.74) is 0. The summed E-state index contributed by atoms with van der Waals surface area (Å²) in [6.07, 6.45) is 94.6. The number of hydrogen-bond donors (Lipinski definition) is 1. The Balaban J connectivity index is 3.64. The van der Waals surface area contributed by atoms with E-state index in [0.29, 0.717) is 12.8 Å². The molecule has 0 saturated heterocycles. The lowest BCUT2D eigenvalue weighted by Crippen LogP contribution is -2.28. The van der Waals surface area contributed by atoms with Crippen LogP contribution in [0.3, 0.4) is 0 Å². The molecule has 0 fully saturated rings. The first-order valence-corrected chi connectivity index (χ1v) is 28.7. The van der Waals surface area contributed by atoms with Crippen LogP contribution < -0.4 is 0 Å². The van der Waals surface area contributed by atoms with Crippen molar-refractivity contribution in [1.82, 2.24) is 0 Å². The van der Waals surface area contributed by atoms with Crippen LogP contribution in [0.4, 0.5) is 0 Å². The lowest BCUT2D eigenvalue weighted by Gasteiger charge is -2.15. The van der Waals surface area contributed by atoms with Crippen molar-refractivity contribution in [1.29, 1.82) is 0 Å². The normalized spacial score (nSPS) is 13.5. The minimum Gasteiger partial charge on any atom is -0.462 e. The lowest BCUT2D eigenvalue weighted by atomic mass is 10.1. The van der Waals surface area contributed by atoms with Crippen molar-refractivity contribution in [3.63, 3.8) is 0 Å². The van der Waals surface area contributed by atoms with Crippen molar-refractivity contribution in [3.05, 3.63) is 170 Å². The van der Waals surface area contributed by atoms with Gasteiger partial charge in [0.05, 0.1) is 6.61 Å². The summed E-state index contributed by atoms with van der Waals surface area (Å²) in [6.45, 7) is 3.88. The first-order chi connectivity index (χ1) is 35.6. The molecule has 0 amide bonds. The number of unbranched alkanes of at least 4 members (excludes halogenated alkanes) is 14. The average molecular weight is 990 g/mol. The Kier molecular flexibility index (Phi) is 56.6. The summed E-state index contributed by atoms with van der Waals surface area (Å²) in [7, 11) is 0. The van der Waals surface area contributed by atoms with Crippen LogP contribution in [0.5, 0.6) is 0 Å². The zero-order valence-corrected chi connectivity index (χ0v) is 45.9. The number of aliphatic hydroxyl groups is 1. The Labute approximate surface area is 443 Å². The highest BCUT2D eigenvalue weighted by molar-refractivity contribution is 5.70. The van der Waals surface area contributed by atoms with E-state index in [0.717, 1.165) is 141 Å². The molecule has 0 aromatic heterocycles. The number of carbonyl (C=O) groups excluding carboxylic acids is 2. The molecule has 0 aliphatic rings. The van der Waals surface area contributed by atoms with E-state index in [1.54, 1.807) is 0 Å². The average Bonchev–Trinajstić information content (AvgIpc) is 3.38. The van der Waals surface area contributed by atoms with Crippen LogP contribution in [0.15, 0.2) is 170 Å². The molecule has 0 bridgehead atoms. The molecule has 0 heterocycles. The van der Waals surface area contributed by atoms with Crippen molar-refractivity contribution in [2.75, 3.05) is 13.2 Å². The van der Waals surface area contributed by atoms with Gasteiger partial charge in [0.2, 0.25) is 0 Å². The Morgan fingerprint density at radius 3 is 0.833 bits per heavy atom. The molecule has 0 saturated carbocycles. The highest BCUT2D eigenvalue weighted by Gasteiger charge is 2.16. The fraction of sp³-hybridized carbons (Fsp3) is 0.552. The van der Waals surface area contributed by atoms with Crippen LogP contribution in [0.2, 0.25) is 0 Å². The number of allylic oxidation sites excluding steroid dienone is 28. The third-order valence-electron chi connectivity index (χ3n) is 11.5. The minimum absolute atomic E-state index is 0.0859. The van der Waals surface area contributed by atoms with Crippen LogP contribution in [-0.2, 0) is 19.1 Å². The number of esters is 2. The maximum atomic E-state index is 12.3. The first-order valence-electron chi connectivity index (χ1n) is 28.7.